The number of urea groups is 1. The van der Waals surface area contributed by atoms with Gasteiger partial charge < -0.3 is 34.5 Å². The molecule has 1 aromatic rings. The van der Waals surface area contributed by atoms with Gasteiger partial charge in [-0.2, -0.15) is 0 Å². The van der Waals surface area contributed by atoms with Crippen LogP contribution in [-0.2, 0) is 14.2 Å². The van der Waals surface area contributed by atoms with E-state index in [1.807, 2.05) is 39.8 Å². The minimum absolute atomic E-state index is 0.140. The average Bonchev–Trinajstić information content (AvgIpc) is 3.32. The molecular formula is C23H34N4O6. The highest BCUT2D eigenvalue weighted by Gasteiger charge is 2.49. The van der Waals surface area contributed by atoms with Crippen LogP contribution in [0.2, 0.25) is 0 Å². The predicted molar refractivity (Wildman–Crippen MR) is 119 cm³/mol. The van der Waals surface area contributed by atoms with Crippen LogP contribution in [0.5, 0.6) is 5.75 Å². The zero-order chi connectivity index (χ0) is 23.6. The van der Waals surface area contributed by atoms with Gasteiger partial charge in [0.1, 0.15) is 23.6 Å². The van der Waals surface area contributed by atoms with E-state index in [4.69, 9.17) is 18.9 Å². The van der Waals surface area contributed by atoms with Crippen LogP contribution in [0.15, 0.2) is 18.3 Å². The number of aromatic nitrogens is 1. The number of ether oxygens (including phenoxy) is 4. The van der Waals surface area contributed by atoms with Crippen molar-refractivity contribution < 1.29 is 28.5 Å². The molecule has 4 heterocycles. The highest BCUT2D eigenvalue weighted by Crippen LogP contribution is 2.30. The minimum atomic E-state index is -0.549. The number of aryl methyl sites for hydroxylation is 1. The lowest BCUT2D eigenvalue weighted by atomic mass is 10.1. The second-order valence-electron chi connectivity index (χ2n) is 9.83. The first-order valence-corrected chi connectivity index (χ1v) is 11.6. The molecule has 0 aliphatic carbocycles. The summed E-state index contributed by atoms with van der Waals surface area (Å²) < 4.78 is 23.4. The molecule has 10 heteroatoms. The molecule has 3 aliphatic heterocycles. The topological polar surface area (TPSA) is 111 Å². The lowest BCUT2D eigenvalue weighted by Crippen LogP contribution is -2.55. The van der Waals surface area contributed by atoms with Gasteiger partial charge in [0.25, 0.3) is 0 Å². The number of piperidine rings is 1. The van der Waals surface area contributed by atoms with Crippen LogP contribution in [0.3, 0.4) is 0 Å². The van der Waals surface area contributed by atoms with Crippen molar-refractivity contribution in [3.8, 4) is 5.75 Å². The van der Waals surface area contributed by atoms with Crippen LogP contribution in [0, 0.1) is 6.92 Å². The van der Waals surface area contributed by atoms with Crippen molar-refractivity contribution in [1.82, 2.24) is 20.5 Å². The smallest absolute Gasteiger partial charge is 0.410 e. The van der Waals surface area contributed by atoms with Gasteiger partial charge in [0.15, 0.2) is 6.10 Å². The van der Waals surface area contributed by atoms with E-state index in [9.17, 15) is 9.59 Å². The van der Waals surface area contributed by atoms with Crippen molar-refractivity contribution in [3.63, 3.8) is 0 Å². The van der Waals surface area contributed by atoms with E-state index in [0.717, 1.165) is 18.5 Å². The third kappa shape index (κ3) is 5.86. The van der Waals surface area contributed by atoms with Gasteiger partial charge in [-0.1, -0.05) is 0 Å². The number of pyridine rings is 1. The van der Waals surface area contributed by atoms with E-state index in [1.54, 1.807) is 11.1 Å². The summed E-state index contributed by atoms with van der Waals surface area (Å²) in [5.41, 5.74) is 0.257. The lowest BCUT2D eigenvalue weighted by molar-refractivity contribution is 0.0190. The Bertz CT molecular complexity index is 860. The van der Waals surface area contributed by atoms with E-state index in [0.29, 0.717) is 32.1 Å². The van der Waals surface area contributed by atoms with E-state index >= 15 is 0 Å². The molecule has 2 N–H and O–H groups in total. The summed E-state index contributed by atoms with van der Waals surface area (Å²) in [6.45, 7) is 9.20. The largest absolute Gasteiger partial charge is 0.483 e. The van der Waals surface area contributed by atoms with Crippen molar-refractivity contribution in [2.24, 2.45) is 0 Å². The second-order valence-corrected chi connectivity index (χ2v) is 9.83. The highest BCUT2D eigenvalue weighted by atomic mass is 16.6. The molecular weight excluding hydrogens is 428 g/mol. The van der Waals surface area contributed by atoms with Crippen molar-refractivity contribution in [1.29, 1.82) is 0 Å². The maximum atomic E-state index is 12.7. The normalized spacial score (nSPS) is 29.3. The van der Waals surface area contributed by atoms with Crippen molar-refractivity contribution >= 4 is 12.1 Å². The standard InChI is InChI=1S/C23H34N4O6/c1-14-17(8-5-9-24-14)32-18-13-31-19-16(12-30-20(18)19)26-21(28)25-15-7-6-10-27(11-15)22(29)33-23(2,3)4/h5,8-9,15-16,18-20H,6-7,10-13H2,1-4H3,(H2,25,26,28)/t15?,16-,18-,19+,20+/m0/s1. The summed E-state index contributed by atoms with van der Waals surface area (Å²) in [5.74, 6) is 0.705. The fourth-order valence-corrected chi connectivity index (χ4v) is 4.43. The first-order valence-electron chi connectivity index (χ1n) is 11.6. The molecule has 3 fully saturated rings. The molecule has 4 rings (SSSR count). The Hall–Kier alpha value is -2.59. The number of rotatable bonds is 4. The number of nitrogens with zero attached hydrogens (tertiary/aromatic N) is 2. The number of likely N-dealkylation sites (tertiary alicyclic amines) is 1. The van der Waals surface area contributed by atoms with Crippen LogP contribution in [0.1, 0.15) is 39.3 Å². The molecule has 1 aromatic heterocycles. The quantitative estimate of drug-likeness (QED) is 0.704. The third-order valence-electron chi connectivity index (χ3n) is 5.97. The van der Waals surface area contributed by atoms with Crippen LogP contribution in [-0.4, -0.2) is 84.3 Å². The Balaban J connectivity index is 1.26. The Morgan fingerprint density at radius 1 is 1.18 bits per heavy atom. The van der Waals surface area contributed by atoms with Crippen LogP contribution < -0.4 is 15.4 Å². The van der Waals surface area contributed by atoms with Gasteiger partial charge in [-0.25, -0.2) is 9.59 Å². The molecule has 3 saturated heterocycles. The zero-order valence-electron chi connectivity index (χ0n) is 19.7. The van der Waals surface area contributed by atoms with Gasteiger partial charge in [0, 0.05) is 25.3 Å². The molecule has 0 saturated carbocycles. The molecule has 182 valence electrons. The molecule has 0 bridgehead atoms. The summed E-state index contributed by atoms with van der Waals surface area (Å²) in [6, 6.07) is 2.99. The Morgan fingerprint density at radius 3 is 2.73 bits per heavy atom. The van der Waals surface area contributed by atoms with Crippen molar-refractivity contribution in [2.75, 3.05) is 26.3 Å². The monoisotopic (exact) mass is 462 g/mol. The van der Waals surface area contributed by atoms with Crippen molar-refractivity contribution in [2.45, 2.75) is 76.5 Å². The number of nitrogens with one attached hydrogen (secondary N) is 2. The first-order chi connectivity index (χ1) is 15.7. The van der Waals surface area contributed by atoms with Gasteiger partial charge in [-0.15, -0.1) is 0 Å². The summed E-state index contributed by atoms with van der Waals surface area (Å²) >= 11 is 0. The summed E-state index contributed by atoms with van der Waals surface area (Å²) in [5, 5.41) is 5.95. The Morgan fingerprint density at radius 2 is 1.97 bits per heavy atom. The molecule has 3 amide bonds. The number of fused-ring (bicyclic) bond motifs is 1. The number of hydrogen-bond donors (Lipinski definition) is 2. The van der Waals surface area contributed by atoms with Crippen LogP contribution in [0.25, 0.3) is 0 Å². The lowest BCUT2D eigenvalue weighted by Gasteiger charge is -2.34. The molecule has 0 radical (unpaired) electrons. The SMILES string of the molecule is Cc1ncccc1O[C@H]1CO[C@H]2[C@@H]1OC[C@@H]2NC(=O)NC1CCCN(C(=O)OC(C)(C)C)C1. The number of hydrogen-bond acceptors (Lipinski definition) is 7. The van der Waals surface area contributed by atoms with Gasteiger partial charge in [0.05, 0.1) is 24.9 Å². The molecule has 0 aromatic carbocycles. The van der Waals surface area contributed by atoms with Crippen LogP contribution >= 0.6 is 0 Å². The zero-order valence-corrected chi connectivity index (χ0v) is 19.7. The maximum Gasteiger partial charge on any atom is 0.410 e. The summed E-state index contributed by atoms with van der Waals surface area (Å²) in [4.78, 5) is 30.9. The maximum absolute atomic E-state index is 12.7. The second kappa shape index (κ2) is 9.72. The number of carbonyl (C=O) groups is 2. The van der Waals surface area contributed by atoms with Gasteiger partial charge in [-0.05, 0) is 52.7 Å². The molecule has 0 spiro atoms. The van der Waals surface area contributed by atoms with E-state index in [2.05, 4.69) is 15.6 Å². The van der Waals surface area contributed by atoms with E-state index < -0.39 is 5.60 Å². The van der Waals surface area contributed by atoms with E-state index in [1.165, 1.54) is 0 Å². The molecule has 5 atom stereocenters. The fourth-order valence-electron chi connectivity index (χ4n) is 4.43. The Kier molecular flexibility index (Phi) is 6.94. The predicted octanol–water partition coefficient (Wildman–Crippen LogP) is 2.00. The molecule has 33 heavy (non-hydrogen) atoms. The first kappa shape index (κ1) is 23.6. The van der Waals surface area contributed by atoms with E-state index in [-0.39, 0.29) is 42.5 Å². The van der Waals surface area contributed by atoms with Crippen LogP contribution in [0.4, 0.5) is 9.59 Å². The van der Waals surface area contributed by atoms with Gasteiger partial charge >= 0.3 is 12.1 Å². The fraction of sp³-hybridized carbons (Fsp3) is 0.696. The minimum Gasteiger partial charge on any atom is -0.483 e. The summed E-state index contributed by atoms with van der Waals surface area (Å²) in [6.07, 6.45) is 2.19. The highest BCUT2D eigenvalue weighted by molar-refractivity contribution is 5.75. The average molecular weight is 463 g/mol. The number of carbonyl (C=O) groups excluding carboxylic acids is 2. The molecule has 3 aliphatic rings. The van der Waals surface area contributed by atoms with Crippen molar-refractivity contribution in [3.05, 3.63) is 24.0 Å². The third-order valence-corrected chi connectivity index (χ3v) is 5.97. The molecule has 1 unspecified atom stereocenters. The van der Waals surface area contributed by atoms with Gasteiger partial charge in [0.2, 0.25) is 0 Å². The Labute approximate surface area is 194 Å². The number of amides is 3. The molecule has 10 nitrogen and oxygen atoms in total. The summed E-state index contributed by atoms with van der Waals surface area (Å²) in [7, 11) is 0. The van der Waals surface area contributed by atoms with Gasteiger partial charge in [-0.3, -0.25) is 4.98 Å².